The Bertz CT molecular complexity index is 713. The maximum atomic E-state index is 11.8. The molecule has 2 rings (SSSR count). The van der Waals surface area contributed by atoms with Gasteiger partial charge in [-0.3, -0.25) is 9.78 Å². The first-order valence-corrected chi connectivity index (χ1v) is 7.69. The third-order valence-corrected chi connectivity index (χ3v) is 3.39. The number of hydrogen-bond donors (Lipinski definition) is 1. The van der Waals surface area contributed by atoms with Crippen LogP contribution in [0.15, 0.2) is 30.5 Å². The minimum Gasteiger partial charge on any atom is -0.350 e. The molecule has 0 saturated heterocycles. The van der Waals surface area contributed by atoms with Crippen molar-refractivity contribution in [2.75, 3.05) is 18.6 Å². The highest BCUT2D eigenvalue weighted by molar-refractivity contribution is 7.90. The van der Waals surface area contributed by atoms with E-state index in [9.17, 15) is 13.2 Å². The maximum Gasteiger partial charge on any atom is 0.271 e. The Morgan fingerprint density at radius 3 is 2.63 bits per heavy atom. The number of aromatic nitrogens is 2. The van der Waals surface area contributed by atoms with Crippen LogP contribution in [-0.2, 0) is 9.84 Å². The minimum atomic E-state index is -3.09. The molecule has 1 amide bonds. The largest absolute Gasteiger partial charge is 0.350 e. The van der Waals surface area contributed by atoms with Crippen molar-refractivity contribution in [1.82, 2.24) is 15.3 Å². The van der Waals surface area contributed by atoms with E-state index in [0.29, 0.717) is 11.0 Å². The highest BCUT2D eigenvalue weighted by Crippen LogP contribution is 2.08. The van der Waals surface area contributed by atoms with Crippen molar-refractivity contribution >= 4 is 26.8 Å². The molecular formula is C12H13N3O3S. The van der Waals surface area contributed by atoms with Crippen LogP contribution < -0.4 is 5.32 Å². The van der Waals surface area contributed by atoms with E-state index in [1.165, 1.54) is 6.20 Å². The molecule has 0 radical (unpaired) electrons. The molecule has 0 aliphatic rings. The summed E-state index contributed by atoms with van der Waals surface area (Å²) in [5.74, 6) is -0.526. The minimum absolute atomic E-state index is 0.0617. The summed E-state index contributed by atoms with van der Waals surface area (Å²) in [6.45, 7) is 0.0617. The number of carbonyl (C=O) groups is 1. The highest BCUT2D eigenvalue weighted by atomic mass is 32.2. The molecule has 6 nitrogen and oxygen atoms in total. The van der Waals surface area contributed by atoms with Crippen LogP contribution >= 0.6 is 0 Å². The number of carbonyl (C=O) groups excluding carboxylic acids is 1. The van der Waals surface area contributed by atoms with Gasteiger partial charge < -0.3 is 5.32 Å². The van der Waals surface area contributed by atoms with Crippen LogP contribution in [0.2, 0.25) is 0 Å². The second-order valence-electron chi connectivity index (χ2n) is 4.13. The molecule has 0 unspecified atom stereocenters. The average molecular weight is 279 g/mol. The Hall–Kier alpha value is -2.02. The SMILES string of the molecule is CS(=O)(=O)CCNC(=O)c1cnc2ccccc2n1. The fraction of sp³-hybridized carbons (Fsp3) is 0.250. The van der Waals surface area contributed by atoms with Crippen LogP contribution in [0.3, 0.4) is 0 Å². The Labute approximate surface area is 110 Å². The van der Waals surface area contributed by atoms with Crippen LogP contribution in [-0.4, -0.2) is 42.8 Å². The van der Waals surface area contributed by atoms with Crippen molar-refractivity contribution in [1.29, 1.82) is 0 Å². The van der Waals surface area contributed by atoms with Crippen molar-refractivity contribution in [3.8, 4) is 0 Å². The summed E-state index contributed by atoms with van der Waals surface area (Å²) in [7, 11) is -3.09. The molecular weight excluding hydrogens is 266 g/mol. The molecule has 1 aromatic heterocycles. The van der Waals surface area contributed by atoms with Gasteiger partial charge in [-0.25, -0.2) is 13.4 Å². The summed E-state index contributed by atoms with van der Waals surface area (Å²) >= 11 is 0. The number of benzene rings is 1. The van der Waals surface area contributed by atoms with E-state index in [1.807, 2.05) is 12.1 Å². The average Bonchev–Trinajstić information content (AvgIpc) is 2.36. The smallest absolute Gasteiger partial charge is 0.271 e. The molecule has 0 bridgehead atoms. The standard InChI is InChI=1S/C12H13N3O3S/c1-19(17,18)7-6-13-12(16)11-8-14-9-4-2-3-5-10(9)15-11/h2-5,8H,6-7H2,1H3,(H,13,16). The molecule has 0 spiro atoms. The van der Waals surface area contributed by atoms with Gasteiger partial charge in [0, 0.05) is 12.8 Å². The number of hydrogen-bond acceptors (Lipinski definition) is 5. The molecule has 0 aliphatic heterocycles. The van der Waals surface area contributed by atoms with E-state index < -0.39 is 15.7 Å². The fourth-order valence-corrected chi connectivity index (χ4v) is 1.98. The Morgan fingerprint density at radius 2 is 1.95 bits per heavy atom. The van der Waals surface area contributed by atoms with E-state index in [4.69, 9.17) is 0 Å². The molecule has 7 heteroatoms. The van der Waals surface area contributed by atoms with Crippen LogP contribution in [0.25, 0.3) is 11.0 Å². The molecule has 100 valence electrons. The third-order valence-electron chi connectivity index (χ3n) is 2.44. The van der Waals surface area contributed by atoms with Gasteiger partial charge >= 0.3 is 0 Å². The van der Waals surface area contributed by atoms with E-state index in [-0.39, 0.29) is 18.0 Å². The number of nitrogens with zero attached hydrogens (tertiary/aromatic N) is 2. The van der Waals surface area contributed by atoms with Crippen molar-refractivity contribution < 1.29 is 13.2 Å². The van der Waals surface area contributed by atoms with E-state index >= 15 is 0 Å². The van der Waals surface area contributed by atoms with E-state index in [2.05, 4.69) is 15.3 Å². The summed E-state index contributed by atoms with van der Waals surface area (Å²) in [5, 5.41) is 2.50. The fourth-order valence-electron chi connectivity index (χ4n) is 1.51. The monoisotopic (exact) mass is 279 g/mol. The number of amides is 1. The molecule has 0 atom stereocenters. The van der Waals surface area contributed by atoms with Crippen molar-refractivity contribution in [3.05, 3.63) is 36.2 Å². The number of nitrogens with one attached hydrogen (secondary N) is 1. The molecule has 0 fully saturated rings. The van der Waals surface area contributed by atoms with Crippen molar-refractivity contribution in [3.63, 3.8) is 0 Å². The van der Waals surface area contributed by atoms with Gasteiger partial charge in [0.25, 0.3) is 5.91 Å². The van der Waals surface area contributed by atoms with E-state index in [1.54, 1.807) is 12.1 Å². The highest BCUT2D eigenvalue weighted by Gasteiger charge is 2.09. The molecule has 1 N–H and O–H groups in total. The predicted octanol–water partition coefficient (Wildman–Crippen LogP) is 0.404. The zero-order valence-electron chi connectivity index (χ0n) is 10.3. The van der Waals surface area contributed by atoms with Gasteiger partial charge in [0.15, 0.2) is 0 Å². The van der Waals surface area contributed by atoms with Crippen LogP contribution in [0, 0.1) is 0 Å². The number of rotatable bonds is 4. The van der Waals surface area contributed by atoms with Crippen molar-refractivity contribution in [2.45, 2.75) is 0 Å². The zero-order chi connectivity index (χ0) is 13.9. The summed E-state index contributed by atoms with van der Waals surface area (Å²) in [6.07, 6.45) is 2.49. The van der Waals surface area contributed by atoms with E-state index in [0.717, 1.165) is 6.26 Å². The van der Waals surface area contributed by atoms with Gasteiger partial charge in [-0.15, -0.1) is 0 Å². The van der Waals surface area contributed by atoms with Crippen LogP contribution in [0.4, 0.5) is 0 Å². The second kappa shape index (κ2) is 5.31. The van der Waals surface area contributed by atoms with Gasteiger partial charge in [-0.1, -0.05) is 12.1 Å². The number of para-hydroxylation sites is 2. The van der Waals surface area contributed by atoms with Gasteiger partial charge in [0.2, 0.25) is 0 Å². The zero-order valence-corrected chi connectivity index (χ0v) is 11.1. The molecule has 0 saturated carbocycles. The lowest BCUT2D eigenvalue weighted by Crippen LogP contribution is -2.29. The lowest BCUT2D eigenvalue weighted by Gasteiger charge is -2.04. The predicted molar refractivity (Wildman–Crippen MR) is 71.6 cm³/mol. The molecule has 1 aromatic carbocycles. The summed E-state index contributed by atoms with van der Waals surface area (Å²) in [5.41, 5.74) is 1.50. The maximum absolute atomic E-state index is 11.8. The van der Waals surface area contributed by atoms with Gasteiger partial charge in [-0.05, 0) is 12.1 Å². The number of fused-ring (bicyclic) bond motifs is 1. The topological polar surface area (TPSA) is 89.0 Å². The quantitative estimate of drug-likeness (QED) is 0.875. The van der Waals surface area contributed by atoms with Crippen molar-refractivity contribution in [2.24, 2.45) is 0 Å². The molecule has 2 aromatic rings. The third kappa shape index (κ3) is 3.72. The van der Waals surface area contributed by atoms with Gasteiger partial charge in [0.1, 0.15) is 15.5 Å². The first-order valence-electron chi connectivity index (χ1n) is 5.63. The summed E-state index contributed by atoms with van der Waals surface area (Å²) in [4.78, 5) is 20.0. The summed E-state index contributed by atoms with van der Waals surface area (Å²) in [6, 6.07) is 7.20. The first kappa shape index (κ1) is 13.4. The Morgan fingerprint density at radius 1 is 1.26 bits per heavy atom. The second-order valence-corrected chi connectivity index (χ2v) is 6.39. The van der Waals surface area contributed by atoms with Gasteiger partial charge in [0.05, 0.1) is 23.0 Å². The number of sulfone groups is 1. The first-order chi connectivity index (χ1) is 8.96. The Kier molecular flexibility index (Phi) is 3.75. The van der Waals surface area contributed by atoms with Gasteiger partial charge in [-0.2, -0.15) is 0 Å². The van der Waals surface area contributed by atoms with Crippen LogP contribution in [0.5, 0.6) is 0 Å². The Balaban J connectivity index is 2.09. The summed E-state index contributed by atoms with van der Waals surface area (Å²) < 4.78 is 21.9. The molecule has 19 heavy (non-hydrogen) atoms. The normalized spacial score (nSPS) is 11.4. The molecule has 0 aliphatic carbocycles. The molecule has 1 heterocycles. The lowest BCUT2D eigenvalue weighted by atomic mass is 10.3. The van der Waals surface area contributed by atoms with Crippen LogP contribution in [0.1, 0.15) is 10.5 Å². The lowest BCUT2D eigenvalue weighted by molar-refractivity contribution is 0.0951.